The topological polar surface area (TPSA) is 40.2 Å². The monoisotopic (exact) mass is 268 g/mol. The molecule has 1 aromatic heterocycles. The van der Waals surface area contributed by atoms with Crippen molar-refractivity contribution < 1.29 is 4.74 Å². The number of rotatable bonds is 3. The first-order valence-corrected chi connectivity index (χ1v) is 5.58. The Labute approximate surface area is 96.9 Å². The predicted octanol–water partition coefficient (Wildman–Crippen LogP) is 2.37. The molecule has 0 aliphatic heterocycles. The number of fused-ring (bicyclic) bond motifs is 1. The van der Waals surface area contributed by atoms with Crippen LogP contribution in [0.1, 0.15) is 0 Å². The minimum Gasteiger partial charge on any atom is -0.495 e. The first-order chi connectivity index (χ1) is 7.27. The van der Waals surface area contributed by atoms with Crippen molar-refractivity contribution in [3.8, 4) is 5.75 Å². The Kier molecular flexibility index (Phi) is 2.98. The van der Waals surface area contributed by atoms with Gasteiger partial charge in [-0.25, -0.2) is 0 Å². The Morgan fingerprint density at radius 3 is 2.93 bits per heavy atom. The highest BCUT2D eigenvalue weighted by Gasteiger charge is 2.10. The lowest BCUT2D eigenvalue weighted by molar-refractivity contribution is 0.417. The molecule has 2 rings (SSSR count). The Morgan fingerprint density at radius 2 is 2.27 bits per heavy atom. The number of aromatic nitrogens is 1. The number of hydrogen-bond acceptors (Lipinski definition) is 2. The van der Waals surface area contributed by atoms with Crippen LogP contribution in [0.5, 0.6) is 5.75 Å². The summed E-state index contributed by atoms with van der Waals surface area (Å²) in [4.78, 5) is 0. The van der Waals surface area contributed by atoms with Gasteiger partial charge in [-0.1, -0.05) is 12.1 Å². The van der Waals surface area contributed by atoms with Crippen LogP contribution in [0, 0.1) is 0 Å². The summed E-state index contributed by atoms with van der Waals surface area (Å²) in [5, 5.41) is 1.16. The quantitative estimate of drug-likeness (QED) is 0.929. The van der Waals surface area contributed by atoms with Gasteiger partial charge in [0.1, 0.15) is 5.75 Å². The summed E-state index contributed by atoms with van der Waals surface area (Å²) in [5.74, 6) is 0.881. The van der Waals surface area contributed by atoms with E-state index < -0.39 is 0 Å². The van der Waals surface area contributed by atoms with E-state index in [1.54, 1.807) is 7.11 Å². The van der Waals surface area contributed by atoms with Crippen LogP contribution in [0.4, 0.5) is 0 Å². The van der Waals surface area contributed by atoms with Crippen molar-refractivity contribution >= 4 is 26.8 Å². The normalized spacial score (nSPS) is 10.9. The Balaban J connectivity index is 2.70. The van der Waals surface area contributed by atoms with Crippen molar-refractivity contribution in [2.24, 2.45) is 5.73 Å². The van der Waals surface area contributed by atoms with Crippen LogP contribution in [0.3, 0.4) is 0 Å². The van der Waals surface area contributed by atoms with Crippen LogP contribution in [0.25, 0.3) is 10.9 Å². The van der Waals surface area contributed by atoms with E-state index in [1.807, 2.05) is 18.3 Å². The molecular weight excluding hydrogens is 256 g/mol. The van der Waals surface area contributed by atoms with Gasteiger partial charge in [0.05, 0.1) is 12.6 Å². The number of halogens is 1. The molecule has 1 aromatic carbocycles. The molecule has 0 radical (unpaired) electrons. The Hall–Kier alpha value is -1.00. The van der Waals surface area contributed by atoms with E-state index in [0.29, 0.717) is 6.54 Å². The predicted molar refractivity (Wildman–Crippen MR) is 65.2 cm³/mol. The van der Waals surface area contributed by atoms with Crippen LogP contribution in [0.2, 0.25) is 0 Å². The highest BCUT2D eigenvalue weighted by Crippen LogP contribution is 2.32. The molecular formula is C11H13BrN2O. The summed E-state index contributed by atoms with van der Waals surface area (Å²) in [6, 6.07) is 6.01. The average Bonchev–Trinajstić information content (AvgIpc) is 2.57. The summed E-state index contributed by atoms with van der Waals surface area (Å²) in [5.41, 5.74) is 6.67. The second-order valence-corrected chi connectivity index (χ2v) is 4.17. The number of methoxy groups -OCH3 is 1. The summed E-state index contributed by atoms with van der Waals surface area (Å²) >= 11 is 3.53. The summed E-state index contributed by atoms with van der Waals surface area (Å²) in [7, 11) is 1.68. The van der Waals surface area contributed by atoms with Crippen LogP contribution in [-0.4, -0.2) is 18.2 Å². The molecule has 4 heteroatoms. The first-order valence-electron chi connectivity index (χ1n) is 4.79. The molecule has 0 spiro atoms. The minimum absolute atomic E-state index is 0.619. The zero-order chi connectivity index (χ0) is 10.8. The van der Waals surface area contributed by atoms with Crippen molar-refractivity contribution in [3.63, 3.8) is 0 Å². The second kappa shape index (κ2) is 4.24. The molecule has 0 aliphatic rings. The number of nitrogens with zero attached hydrogens (tertiary/aromatic N) is 1. The van der Waals surface area contributed by atoms with E-state index in [0.717, 1.165) is 27.7 Å². The highest BCUT2D eigenvalue weighted by molar-refractivity contribution is 9.10. The lowest BCUT2D eigenvalue weighted by Gasteiger charge is -2.07. The van der Waals surface area contributed by atoms with Gasteiger partial charge in [0.15, 0.2) is 0 Å². The van der Waals surface area contributed by atoms with Crippen molar-refractivity contribution in [1.29, 1.82) is 0 Å². The molecule has 0 fully saturated rings. The highest BCUT2D eigenvalue weighted by atomic mass is 79.9. The molecule has 1 heterocycles. The molecule has 0 bridgehead atoms. The molecule has 0 saturated carbocycles. The lowest BCUT2D eigenvalue weighted by Crippen LogP contribution is -2.09. The van der Waals surface area contributed by atoms with Crippen molar-refractivity contribution in [2.75, 3.05) is 13.7 Å². The third kappa shape index (κ3) is 1.75. The summed E-state index contributed by atoms with van der Waals surface area (Å²) in [6.45, 7) is 1.41. The third-order valence-electron chi connectivity index (χ3n) is 2.40. The standard InChI is InChI=1S/C11H13BrN2O/c1-15-10-4-2-3-8-9(12)7-14(6-5-13)11(8)10/h2-4,7H,5-6,13H2,1H3. The van der Waals surface area contributed by atoms with Gasteiger partial charge in [-0.15, -0.1) is 0 Å². The maximum Gasteiger partial charge on any atom is 0.143 e. The van der Waals surface area contributed by atoms with E-state index in [-0.39, 0.29) is 0 Å². The molecule has 80 valence electrons. The number of para-hydroxylation sites is 1. The third-order valence-corrected chi connectivity index (χ3v) is 3.03. The second-order valence-electron chi connectivity index (χ2n) is 3.32. The SMILES string of the molecule is COc1cccc2c(Br)cn(CCN)c12. The van der Waals surface area contributed by atoms with Gasteiger partial charge in [-0.2, -0.15) is 0 Å². The van der Waals surface area contributed by atoms with Gasteiger partial charge >= 0.3 is 0 Å². The number of ether oxygens (including phenoxy) is 1. The smallest absolute Gasteiger partial charge is 0.143 e. The molecule has 0 unspecified atom stereocenters. The number of benzene rings is 1. The summed E-state index contributed by atoms with van der Waals surface area (Å²) < 4.78 is 8.53. The van der Waals surface area contributed by atoms with E-state index in [2.05, 4.69) is 26.6 Å². The molecule has 2 aromatic rings. The molecule has 0 amide bonds. The minimum atomic E-state index is 0.619. The summed E-state index contributed by atoms with van der Waals surface area (Å²) in [6.07, 6.45) is 2.04. The van der Waals surface area contributed by atoms with E-state index >= 15 is 0 Å². The average molecular weight is 269 g/mol. The van der Waals surface area contributed by atoms with E-state index in [4.69, 9.17) is 10.5 Å². The Morgan fingerprint density at radius 1 is 1.47 bits per heavy atom. The fraction of sp³-hybridized carbons (Fsp3) is 0.273. The van der Waals surface area contributed by atoms with Crippen LogP contribution in [-0.2, 0) is 6.54 Å². The molecule has 0 atom stereocenters. The van der Waals surface area contributed by atoms with Crippen LogP contribution < -0.4 is 10.5 Å². The van der Waals surface area contributed by atoms with Crippen molar-refractivity contribution in [3.05, 3.63) is 28.9 Å². The number of hydrogen-bond donors (Lipinski definition) is 1. The van der Waals surface area contributed by atoms with E-state index in [9.17, 15) is 0 Å². The fourth-order valence-corrected chi connectivity index (χ4v) is 2.33. The van der Waals surface area contributed by atoms with Gasteiger partial charge < -0.3 is 15.0 Å². The maximum atomic E-state index is 5.58. The zero-order valence-electron chi connectivity index (χ0n) is 8.53. The lowest BCUT2D eigenvalue weighted by atomic mass is 10.2. The van der Waals surface area contributed by atoms with Gasteiger partial charge in [-0.05, 0) is 22.0 Å². The fourth-order valence-electron chi connectivity index (χ4n) is 1.76. The van der Waals surface area contributed by atoms with Gasteiger partial charge in [0.25, 0.3) is 0 Å². The molecule has 0 saturated heterocycles. The van der Waals surface area contributed by atoms with Gasteiger partial charge in [0.2, 0.25) is 0 Å². The largest absolute Gasteiger partial charge is 0.495 e. The maximum absolute atomic E-state index is 5.58. The molecule has 15 heavy (non-hydrogen) atoms. The first kappa shape index (κ1) is 10.5. The van der Waals surface area contributed by atoms with Gasteiger partial charge in [-0.3, -0.25) is 0 Å². The zero-order valence-corrected chi connectivity index (χ0v) is 10.1. The molecule has 2 N–H and O–H groups in total. The number of nitrogens with two attached hydrogens (primary N) is 1. The molecule has 0 aliphatic carbocycles. The van der Waals surface area contributed by atoms with Crippen molar-refractivity contribution in [1.82, 2.24) is 4.57 Å². The van der Waals surface area contributed by atoms with Crippen molar-refractivity contribution in [2.45, 2.75) is 6.54 Å². The Bertz CT molecular complexity index is 479. The van der Waals surface area contributed by atoms with Crippen LogP contribution >= 0.6 is 15.9 Å². The van der Waals surface area contributed by atoms with Gasteiger partial charge in [0, 0.05) is 29.1 Å². The van der Waals surface area contributed by atoms with Crippen LogP contribution in [0.15, 0.2) is 28.9 Å². The van der Waals surface area contributed by atoms with E-state index in [1.165, 1.54) is 0 Å². The molecule has 3 nitrogen and oxygen atoms in total.